The molecule has 0 bridgehead atoms. The van der Waals surface area contributed by atoms with Gasteiger partial charge in [-0.2, -0.15) is 0 Å². The van der Waals surface area contributed by atoms with Crippen LogP contribution in [0.4, 0.5) is 25.8 Å². The number of amides is 1. The molecule has 0 unspecified atom stereocenters. The molecule has 1 aliphatic carbocycles. The highest BCUT2D eigenvalue weighted by Crippen LogP contribution is 2.52. The Morgan fingerprint density at radius 3 is 2.47 bits per heavy atom. The van der Waals surface area contributed by atoms with Gasteiger partial charge in [0, 0.05) is 12.1 Å². The minimum atomic E-state index is -4.32. The Kier molecular flexibility index (Phi) is 5.76. The highest BCUT2D eigenvalue weighted by atomic mass is 32.2. The fraction of sp³-hybridized carbons (Fsp3) is 0.458. The van der Waals surface area contributed by atoms with Crippen LogP contribution in [-0.2, 0) is 20.2 Å². The molecule has 7 nitrogen and oxygen atoms in total. The normalized spacial score (nSPS) is 20.4. The Morgan fingerprint density at radius 2 is 1.79 bits per heavy atom. The molecule has 2 aliphatic heterocycles. The number of nitrogens with zero attached hydrogens (tertiary/aromatic N) is 1. The van der Waals surface area contributed by atoms with Crippen molar-refractivity contribution in [3.8, 4) is 0 Å². The molecule has 1 spiro atoms. The number of anilines is 3. The number of fused-ring (bicyclic) bond motifs is 2. The zero-order valence-corrected chi connectivity index (χ0v) is 19.8. The van der Waals surface area contributed by atoms with Crippen LogP contribution in [0.5, 0.6) is 0 Å². The molecule has 3 N–H and O–H groups in total. The lowest BCUT2D eigenvalue weighted by Gasteiger charge is -2.31. The van der Waals surface area contributed by atoms with Crippen LogP contribution in [-0.4, -0.2) is 45.4 Å². The zero-order valence-electron chi connectivity index (χ0n) is 19.0. The lowest BCUT2D eigenvalue weighted by atomic mass is 9.80. The SMILES string of the molecule is CN1CCC(Nc2cc(NS(=O)(=O)c3ccc(F)cc3F)cc3c2NC(=O)C32CCCC2)CC1. The molecule has 2 aromatic carbocycles. The number of benzene rings is 2. The molecular formula is C24H28F2N4O3S. The quantitative estimate of drug-likeness (QED) is 0.589. The van der Waals surface area contributed by atoms with Crippen LogP contribution in [0.15, 0.2) is 35.2 Å². The second-order valence-electron chi connectivity index (χ2n) is 9.59. The molecule has 0 atom stereocenters. The molecule has 0 radical (unpaired) electrons. The molecule has 10 heteroatoms. The van der Waals surface area contributed by atoms with Gasteiger partial charge in [-0.05, 0) is 75.6 Å². The first-order valence-electron chi connectivity index (χ1n) is 11.6. The smallest absolute Gasteiger partial charge is 0.264 e. The maximum atomic E-state index is 14.2. The Labute approximate surface area is 198 Å². The van der Waals surface area contributed by atoms with Gasteiger partial charge in [0.15, 0.2) is 0 Å². The molecule has 1 amide bonds. The number of carbonyl (C=O) groups is 1. The van der Waals surface area contributed by atoms with Crippen LogP contribution in [0.25, 0.3) is 0 Å². The second kappa shape index (κ2) is 8.49. The summed E-state index contributed by atoms with van der Waals surface area (Å²) in [5.74, 6) is -2.08. The summed E-state index contributed by atoms with van der Waals surface area (Å²) >= 11 is 0. The third-order valence-electron chi connectivity index (χ3n) is 7.30. The molecular weight excluding hydrogens is 462 g/mol. The van der Waals surface area contributed by atoms with Gasteiger partial charge in [-0.3, -0.25) is 9.52 Å². The van der Waals surface area contributed by atoms with E-state index in [2.05, 4.69) is 27.3 Å². The summed E-state index contributed by atoms with van der Waals surface area (Å²) in [7, 11) is -2.24. The summed E-state index contributed by atoms with van der Waals surface area (Å²) in [6, 6.07) is 5.85. The monoisotopic (exact) mass is 490 g/mol. The van der Waals surface area contributed by atoms with E-state index in [1.807, 2.05) is 0 Å². The van der Waals surface area contributed by atoms with E-state index in [4.69, 9.17) is 0 Å². The largest absolute Gasteiger partial charge is 0.380 e. The van der Waals surface area contributed by atoms with E-state index in [-0.39, 0.29) is 17.6 Å². The van der Waals surface area contributed by atoms with Gasteiger partial charge in [0.1, 0.15) is 16.5 Å². The maximum absolute atomic E-state index is 14.2. The topological polar surface area (TPSA) is 90.5 Å². The van der Waals surface area contributed by atoms with Crippen molar-refractivity contribution in [3.05, 3.63) is 47.5 Å². The van der Waals surface area contributed by atoms with Gasteiger partial charge in [0.25, 0.3) is 10.0 Å². The van der Waals surface area contributed by atoms with Crippen molar-refractivity contribution in [3.63, 3.8) is 0 Å². The number of hydrogen-bond donors (Lipinski definition) is 3. The van der Waals surface area contributed by atoms with E-state index in [9.17, 15) is 22.0 Å². The summed E-state index contributed by atoms with van der Waals surface area (Å²) in [6.07, 6.45) is 5.06. The van der Waals surface area contributed by atoms with E-state index < -0.39 is 32.0 Å². The fourth-order valence-corrected chi connectivity index (χ4v) is 6.53. The molecule has 2 fully saturated rings. The molecule has 1 saturated carbocycles. The Bertz CT molecular complexity index is 1240. The van der Waals surface area contributed by atoms with Crippen molar-refractivity contribution in [2.75, 3.05) is 35.5 Å². The highest BCUT2D eigenvalue weighted by molar-refractivity contribution is 7.92. The number of piperidine rings is 1. The van der Waals surface area contributed by atoms with Crippen molar-refractivity contribution in [2.24, 2.45) is 0 Å². The van der Waals surface area contributed by atoms with Crippen LogP contribution < -0.4 is 15.4 Å². The number of rotatable bonds is 5. The number of likely N-dealkylation sites (tertiary alicyclic amines) is 1. The van der Waals surface area contributed by atoms with Crippen LogP contribution in [0.1, 0.15) is 44.1 Å². The average molecular weight is 491 g/mol. The number of sulfonamides is 1. The Balaban J connectivity index is 1.54. The highest BCUT2D eigenvalue weighted by Gasteiger charge is 2.49. The van der Waals surface area contributed by atoms with Crippen LogP contribution in [0.3, 0.4) is 0 Å². The molecule has 3 aliphatic rings. The van der Waals surface area contributed by atoms with Gasteiger partial charge >= 0.3 is 0 Å². The van der Waals surface area contributed by atoms with Crippen LogP contribution in [0, 0.1) is 11.6 Å². The number of hydrogen-bond acceptors (Lipinski definition) is 5. The van der Waals surface area contributed by atoms with Gasteiger partial charge in [-0.25, -0.2) is 17.2 Å². The van der Waals surface area contributed by atoms with E-state index in [1.54, 1.807) is 12.1 Å². The number of carbonyl (C=O) groups excluding carboxylic acids is 1. The summed E-state index contributed by atoms with van der Waals surface area (Å²) in [6.45, 7) is 1.87. The number of halogens is 2. The van der Waals surface area contributed by atoms with Crippen molar-refractivity contribution in [1.82, 2.24) is 4.90 Å². The van der Waals surface area contributed by atoms with Gasteiger partial charge < -0.3 is 15.5 Å². The Hall–Kier alpha value is -2.72. The molecule has 2 heterocycles. The molecule has 182 valence electrons. The lowest BCUT2D eigenvalue weighted by Crippen LogP contribution is -2.36. The standard InChI is InChI=1S/C24H28F2N4O3S/c1-30-10-6-16(7-11-30)27-20-14-17(29-34(32,33)21-5-4-15(25)12-19(21)26)13-18-22(20)28-23(31)24(18)8-2-3-9-24/h4-5,12-14,16,27,29H,2-3,6-11H2,1H3,(H,28,31). The van der Waals surface area contributed by atoms with E-state index in [0.717, 1.165) is 56.5 Å². The number of nitrogens with one attached hydrogen (secondary N) is 3. The van der Waals surface area contributed by atoms with Gasteiger partial charge in [0.05, 0.1) is 22.5 Å². The zero-order chi connectivity index (χ0) is 24.1. The minimum absolute atomic E-state index is 0.0592. The summed E-state index contributed by atoms with van der Waals surface area (Å²) in [5.41, 5.74) is 1.68. The minimum Gasteiger partial charge on any atom is -0.380 e. The summed E-state index contributed by atoms with van der Waals surface area (Å²) < 4.78 is 55.9. The predicted octanol–water partition coefficient (Wildman–Crippen LogP) is 4.04. The van der Waals surface area contributed by atoms with Crippen molar-refractivity contribution < 1.29 is 22.0 Å². The van der Waals surface area contributed by atoms with Crippen LogP contribution >= 0.6 is 0 Å². The summed E-state index contributed by atoms with van der Waals surface area (Å²) in [5, 5.41) is 6.56. The molecule has 0 aromatic heterocycles. The second-order valence-corrected chi connectivity index (χ2v) is 11.2. The lowest BCUT2D eigenvalue weighted by molar-refractivity contribution is -0.120. The first-order chi connectivity index (χ1) is 16.2. The molecule has 5 rings (SSSR count). The third kappa shape index (κ3) is 4.02. The predicted molar refractivity (Wildman–Crippen MR) is 127 cm³/mol. The first kappa shape index (κ1) is 23.0. The first-order valence-corrected chi connectivity index (χ1v) is 13.1. The maximum Gasteiger partial charge on any atom is 0.264 e. The Morgan fingerprint density at radius 1 is 1.09 bits per heavy atom. The van der Waals surface area contributed by atoms with Gasteiger partial charge in [-0.15, -0.1) is 0 Å². The summed E-state index contributed by atoms with van der Waals surface area (Å²) in [4.78, 5) is 14.7. The molecule has 1 saturated heterocycles. The molecule has 2 aromatic rings. The van der Waals surface area contributed by atoms with Gasteiger partial charge in [0.2, 0.25) is 5.91 Å². The van der Waals surface area contributed by atoms with Crippen molar-refractivity contribution in [1.29, 1.82) is 0 Å². The van der Waals surface area contributed by atoms with Crippen LogP contribution in [0.2, 0.25) is 0 Å². The van der Waals surface area contributed by atoms with E-state index >= 15 is 0 Å². The fourth-order valence-electron chi connectivity index (χ4n) is 5.43. The van der Waals surface area contributed by atoms with Crippen molar-refractivity contribution in [2.45, 2.75) is 54.9 Å². The third-order valence-corrected chi connectivity index (χ3v) is 8.71. The van der Waals surface area contributed by atoms with E-state index in [1.165, 1.54) is 0 Å². The molecule has 34 heavy (non-hydrogen) atoms. The average Bonchev–Trinajstić information content (AvgIpc) is 3.37. The van der Waals surface area contributed by atoms with E-state index in [0.29, 0.717) is 30.3 Å². The van der Waals surface area contributed by atoms with Crippen molar-refractivity contribution >= 4 is 33.0 Å². The van der Waals surface area contributed by atoms with Gasteiger partial charge in [-0.1, -0.05) is 12.8 Å².